The van der Waals surface area contributed by atoms with Gasteiger partial charge in [0.25, 0.3) is 0 Å². The van der Waals surface area contributed by atoms with E-state index in [1.165, 1.54) is 11.5 Å². The molecule has 4 heteroatoms. The second kappa shape index (κ2) is 7.06. The molecule has 19 heavy (non-hydrogen) atoms. The van der Waals surface area contributed by atoms with E-state index in [9.17, 15) is 0 Å². The van der Waals surface area contributed by atoms with Crippen molar-refractivity contribution < 1.29 is 9.47 Å². The molecule has 1 fully saturated rings. The number of rotatable bonds is 5. The van der Waals surface area contributed by atoms with Crippen LogP contribution in [0.2, 0.25) is 0 Å². The predicted molar refractivity (Wildman–Crippen MR) is 81.4 cm³/mol. The summed E-state index contributed by atoms with van der Waals surface area (Å²) in [6.07, 6.45) is 2.55. The second-order valence-corrected chi connectivity index (χ2v) is 6.17. The lowest BCUT2D eigenvalue weighted by molar-refractivity contribution is 0.184. The number of hydrogen-bond donors (Lipinski definition) is 1. The van der Waals surface area contributed by atoms with Crippen LogP contribution in [-0.4, -0.2) is 31.3 Å². The zero-order valence-corrected chi connectivity index (χ0v) is 12.5. The molecule has 1 saturated heterocycles. The fourth-order valence-electron chi connectivity index (χ4n) is 2.33. The van der Waals surface area contributed by atoms with Crippen molar-refractivity contribution in [1.82, 2.24) is 0 Å². The molecule has 106 valence electrons. The SMILES string of the molecule is COc1c(OC2CCSCC2)cccc1C(C)CN. The first-order valence-electron chi connectivity index (χ1n) is 6.87. The molecule has 2 N–H and O–H groups in total. The summed E-state index contributed by atoms with van der Waals surface area (Å²) in [4.78, 5) is 0. The average molecular weight is 281 g/mol. The molecule has 1 aromatic carbocycles. The van der Waals surface area contributed by atoms with Crippen LogP contribution < -0.4 is 15.2 Å². The Morgan fingerprint density at radius 3 is 2.74 bits per heavy atom. The van der Waals surface area contributed by atoms with Crippen molar-refractivity contribution in [3.05, 3.63) is 23.8 Å². The maximum Gasteiger partial charge on any atom is 0.164 e. The van der Waals surface area contributed by atoms with Gasteiger partial charge in [0.2, 0.25) is 0 Å². The molecule has 1 heterocycles. The Morgan fingerprint density at radius 2 is 2.11 bits per heavy atom. The monoisotopic (exact) mass is 281 g/mol. The van der Waals surface area contributed by atoms with Crippen molar-refractivity contribution in [3.8, 4) is 11.5 Å². The van der Waals surface area contributed by atoms with Crippen LogP contribution in [0.3, 0.4) is 0 Å². The first kappa shape index (κ1) is 14.5. The van der Waals surface area contributed by atoms with Crippen LogP contribution in [0.1, 0.15) is 31.2 Å². The quantitative estimate of drug-likeness (QED) is 0.901. The van der Waals surface area contributed by atoms with Crippen molar-refractivity contribution in [2.45, 2.75) is 31.8 Å². The van der Waals surface area contributed by atoms with Gasteiger partial charge in [-0.1, -0.05) is 19.1 Å². The van der Waals surface area contributed by atoms with E-state index in [0.717, 1.165) is 29.9 Å². The summed E-state index contributed by atoms with van der Waals surface area (Å²) in [6.45, 7) is 2.72. The first-order valence-corrected chi connectivity index (χ1v) is 8.03. The molecule has 3 nitrogen and oxygen atoms in total. The van der Waals surface area contributed by atoms with Gasteiger partial charge < -0.3 is 15.2 Å². The zero-order chi connectivity index (χ0) is 13.7. The van der Waals surface area contributed by atoms with E-state index in [1.807, 2.05) is 23.9 Å². The molecule has 1 unspecified atom stereocenters. The van der Waals surface area contributed by atoms with E-state index in [-0.39, 0.29) is 5.92 Å². The third-order valence-electron chi connectivity index (χ3n) is 3.56. The number of para-hydroxylation sites is 1. The van der Waals surface area contributed by atoms with Crippen molar-refractivity contribution in [2.75, 3.05) is 25.2 Å². The highest BCUT2D eigenvalue weighted by Crippen LogP contribution is 2.36. The summed E-state index contributed by atoms with van der Waals surface area (Å²) >= 11 is 2.00. The topological polar surface area (TPSA) is 44.5 Å². The third kappa shape index (κ3) is 3.57. The van der Waals surface area contributed by atoms with Crippen molar-refractivity contribution in [3.63, 3.8) is 0 Å². The second-order valence-electron chi connectivity index (χ2n) is 4.94. The molecule has 1 aromatic rings. The Balaban J connectivity index is 2.19. The Labute approximate surface area is 119 Å². The number of thioether (sulfide) groups is 1. The lowest BCUT2D eigenvalue weighted by Crippen LogP contribution is -2.22. The molecule has 0 aromatic heterocycles. The Morgan fingerprint density at radius 1 is 1.37 bits per heavy atom. The van der Waals surface area contributed by atoms with Gasteiger partial charge in [-0.15, -0.1) is 0 Å². The fraction of sp³-hybridized carbons (Fsp3) is 0.600. The predicted octanol–water partition coefficient (Wildman–Crippen LogP) is 3.03. The van der Waals surface area contributed by atoms with Crippen LogP contribution >= 0.6 is 11.8 Å². The van der Waals surface area contributed by atoms with E-state index in [0.29, 0.717) is 12.6 Å². The molecule has 0 saturated carbocycles. The van der Waals surface area contributed by atoms with Crippen LogP contribution in [0.4, 0.5) is 0 Å². The fourth-order valence-corrected chi connectivity index (χ4v) is 3.40. The van der Waals surface area contributed by atoms with Gasteiger partial charge in [0.05, 0.1) is 7.11 Å². The molecule has 1 aliphatic heterocycles. The van der Waals surface area contributed by atoms with Gasteiger partial charge in [0.1, 0.15) is 6.10 Å². The van der Waals surface area contributed by atoms with Crippen molar-refractivity contribution >= 4 is 11.8 Å². The normalized spacial score (nSPS) is 18.1. The largest absolute Gasteiger partial charge is 0.493 e. The Kier molecular flexibility index (Phi) is 5.40. The molecule has 0 aliphatic carbocycles. The third-order valence-corrected chi connectivity index (χ3v) is 4.61. The number of hydrogen-bond acceptors (Lipinski definition) is 4. The minimum absolute atomic E-state index is 0.278. The van der Waals surface area contributed by atoms with Gasteiger partial charge in [-0.25, -0.2) is 0 Å². The maximum absolute atomic E-state index is 6.13. The smallest absolute Gasteiger partial charge is 0.164 e. The maximum atomic E-state index is 6.13. The van der Waals surface area contributed by atoms with Gasteiger partial charge in [-0.3, -0.25) is 0 Å². The Hall–Kier alpha value is -0.870. The molecule has 0 radical (unpaired) electrons. The summed E-state index contributed by atoms with van der Waals surface area (Å²) in [7, 11) is 1.70. The zero-order valence-electron chi connectivity index (χ0n) is 11.7. The van der Waals surface area contributed by atoms with E-state index in [4.69, 9.17) is 15.2 Å². The Bertz CT molecular complexity index is 405. The molecule has 0 bridgehead atoms. The van der Waals surface area contributed by atoms with Gasteiger partial charge in [0, 0.05) is 5.56 Å². The van der Waals surface area contributed by atoms with Gasteiger partial charge in [-0.2, -0.15) is 11.8 Å². The van der Waals surface area contributed by atoms with Crippen LogP contribution in [0.25, 0.3) is 0 Å². The summed E-state index contributed by atoms with van der Waals surface area (Å²) in [5.74, 6) is 4.36. The van der Waals surface area contributed by atoms with Gasteiger partial charge in [-0.05, 0) is 42.9 Å². The molecule has 1 atom stereocenters. The van der Waals surface area contributed by atoms with Gasteiger partial charge >= 0.3 is 0 Å². The van der Waals surface area contributed by atoms with E-state index >= 15 is 0 Å². The first-order chi connectivity index (χ1) is 9.26. The highest BCUT2D eigenvalue weighted by Gasteiger charge is 2.20. The number of ether oxygens (including phenoxy) is 2. The molecule has 0 amide bonds. The van der Waals surface area contributed by atoms with Crippen molar-refractivity contribution in [2.24, 2.45) is 5.73 Å². The van der Waals surface area contributed by atoms with E-state index < -0.39 is 0 Å². The van der Waals surface area contributed by atoms with Gasteiger partial charge in [0.15, 0.2) is 11.5 Å². The van der Waals surface area contributed by atoms with Crippen LogP contribution in [0.15, 0.2) is 18.2 Å². The summed E-state index contributed by atoms with van der Waals surface area (Å²) in [5.41, 5.74) is 6.89. The standard InChI is InChI=1S/C15H23NO2S/c1-11(10-16)13-4-3-5-14(15(13)17-2)18-12-6-8-19-9-7-12/h3-5,11-12H,6-10,16H2,1-2H3. The lowest BCUT2D eigenvalue weighted by atomic mass is 10.00. The van der Waals surface area contributed by atoms with Crippen LogP contribution in [-0.2, 0) is 0 Å². The summed E-state index contributed by atoms with van der Waals surface area (Å²) in [6, 6.07) is 6.09. The van der Waals surface area contributed by atoms with Crippen LogP contribution in [0, 0.1) is 0 Å². The minimum atomic E-state index is 0.278. The molecular weight excluding hydrogens is 258 g/mol. The number of benzene rings is 1. The van der Waals surface area contributed by atoms with E-state index in [2.05, 4.69) is 13.0 Å². The highest BCUT2D eigenvalue weighted by molar-refractivity contribution is 7.99. The molecular formula is C15H23NO2S. The molecule has 2 rings (SSSR count). The summed E-state index contributed by atoms with van der Waals surface area (Å²) < 4.78 is 11.7. The van der Waals surface area contributed by atoms with E-state index in [1.54, 1.807) is 7.11 Å². The lowest BCUT2D eigenvalue weighted by Gasteiger charge is -2.25. The van der Waals surface area contributed by atoms with Crippen LogP contribution in [0.5, 0.6) is 11.5 Å². The number of nitrogens with two attached hydrogens (primary N) is 1. The summed E-state index contributed by atoms with van der Waals surface area (Å²) in [5, 5.41) is 0. The molecule has 1 aliphatic rings. The number of methoxy groups -OCH3 is 1. The minimum Gasteiger partial charge on any atom is -0.493 e. The highest BCUT2D eigenvalue weighted by atomic mass is 32.2. The average Bonchev–Trinajstić information content (AvgIpc) is 2.47. The van der Waals surface area contributed by atoms with Crippen molar-refractivity contribution in [1.29, 1.82) is 0 Å². The molecule has 0 spiro atoms.